The number of rotatable bonds is 10. The van der Waals surface area contributed by atoms with Crippen molar-refractivity contribution in [2.75, 3.05) is 13.7 Å². The maximum Gasteiger partial charge on any atom is 0.252 e. The number of methoxy groups -OCH3 is 1. The lowest BCUT2D eigenvalue weighted by atomic mass is 9.98. The second-order valence-corrected chi connectivity index (χ2v) is 10.2. The number of aromatic nitrogens is 4. The highest BCUT2D eigenvalue weighted by Crippen LogP contribution is 2.29. The molecule has 200 valence electrons. The molecular formula is C30H31N5O3S. The Morgan fingerprint density at radius 3 is 2.74 bits per heavy atom. The SMILES string of the molecule is COC[C@@H](OCc1cscn1)c1ccc(C(=O)N[C@H](C)c2cc(-c3cnn(C)c3)nc3ccccc23)c(C)c1. The number of carbonyl (C=O) groups is 1. The summed E-state index contributed by atoms with van der Waals surface area (Å²) < 4.78 is 13.2. The molecule has 0 aliphatic heterocycles. The molecule has 8 nitrogen and oxygen atoms in total. The van der Waals surface area contributed by atoms with E-state index in [9.17, 15) is 4.79 Å². The van der Waals surface area contributed by atoms with E-state index in [-0.39, 0.29) is 18.1 Å². The Hall–Kier alpha value is -3.92. The summed E-state index contributed by atoms with van der Waals surface area (Å²) in [5.74, 6) is -0.137. The summed E-state index contributed by atoms with van der Waals surface area (Å²) in [7, 11) is 3.53. The van der Waals surface area contributed by atoms with E-state index in [4.69, 9.17) is 14.5 Å². The largest absolute Gasteiger partial charge is 0.382 e. The van der Waals surface area contributed by atoms with Gasteiger partial charge in [-0.15, -0.1) is 11.3 Å². The Labute approximate surface area is 231 Å². The van der Waals surface area contributed by atoms with Gasteiger partial charge in [0.05, 0.1) is 47.9 Å². The summed E-state index contributed by atoms with van der Waals surface area (Å²) in [6, 6.07) is 15.6. The zero-order valence-electron chi connectivity index (χ0n) is 22.4. The van der Waals surface area contributed by atoms with Crippen LogP contribution in [0.2, 0.25) is 0 Å². The number of fused-ring (bicyclic) bond motifs is 1. The van der Waals surface area contributed by atoms with Gasteiger partial charge >= 0.3 is 0 Å². The molecule has 0 spiro atoms. The van der Waals surface area contributed by atoms with Crippen molar-refractivity contribution in [2.24, 2.45) is 7.05 Å². The van der Waals surface area contributed by atoms with Crippen LogP contribution in [0.4, 0.5) is 0 Å². The van der Waals surface area contributed by atoms with E-state index in [1.165, 1.54) is 11.3 Å². The number of thiazole rings is 1. The molecule has 1 amide bonds. The van der Waals surface area contributed by atoms with Crippen LogP contribution in [0, 0.1) is 6.92 Å². The van der Waals surface area contributed by atoms with Gasteiger partial charge in [-0.25, -0.2) is 9.97 Å². The summed E-state index contributed by atoms with van der Waals surface area (Å²) in [4.78, 5) is 22.5. The van der Waals surface area contributed by atoms with Crippen molar-refractivity contribution in [3.63, 3.8) is 0 Å². The summed E-state index contributed by atoms with van der Waals surface area (Å²) in [6.45, 7) is 4.74. The Morgan fingerprint density at radius 2 is 2.03 bits per heavy atom. The molecular weight excluding hydrogens is 510 g/mol. The summed E-state index contributed by atoms with van der Waals surface area (Å²) in [5.41, 5.74) is 8.73. The number of benzene rings is 2. The second-order valence-electron chi connectivity index (χ2n) is 9.52. The lowest BCUT2D eigenvalue weighted by molar-refractivity contribution is -0.0139. The molecule has 39 heavy (non-hydrogen) atoms. The minimum atomic E-state index is -0.263. The van der Waals surface area contributed by atoms with E-state index >= 15 is 0 Å². The third-order valence-corrected chi connectivity index (χ3v) is 7.30. The van der Waals surface area contributed by atoms with Crippen LogP contribution in [-0.4, -0.2) is 39.4 Å². The van der Waals surface area contributed by atoms with Gasteiger partial charge < -0.3 is 14.8 Å². The van der Waals surface area contributed by atoms with Gasteiger partial charge in [0.1, 0.15) is 6.10 Å². The lowest BCUT2D eigenvalue weighted by Gasteiger charge is -2.20. The van der Waals surface area contributed by atoms with E-state index < -0.39 is 0 Å². The third-order valence-electron chi connectivity index (χ3n) is 6.66. The van der Waals surface area contributed by atoms with Gasteiger partial charge in [0.15, 0.2) is 0 Å². The highest BCUT2D eigenvalue weighted by molar-refractivity contribution is 7.07. The first-order valence-electron chi connectivity index (χ1n) is 12.7. The number of para-hydroxylation sites is 1. The van der Waals surface area contributed by atoms with Crippen molar-refractivity contribution in [2.45, 2.75) is 32.6 Å². The molecule has 3 aromatic heterocycles. The average Bonchev–Trinajstić information content (AvgIpc) is 3.62. The fraction of sp³-hybridized carbons (Fsp3) is 0.267. The molecule has 5 aromatic rings. The standard InChI is InChI=1S/C30H31N5O3S/c1-19-11-21(29(16-37-4)38-15-23-17-39-18-31-23)9-10-24(19)30(36)33-20(2)26-12-28(22-13-32-35(3)14-22)34-27-8-6-5-7-25(26)27/h5-14,17-18,20,29H,15-16H2,1-4H3,(H,33,36)/t20-,29-/m1/s1. The zero-order chi connectivity index (χ0) is 27.4. The minimum absolute atomic E-state index is 0.137. The van der Waals surface area contributed by atoms with E-state index in [2.05, 4.69) is 15.4 Å². The van der Waals surface area contributed by atoms with E-state index in [0.29, 0.717) is 18.8 Å². The Bertz CT molecular complexity index is 1580. The van der Waals surface area contributed by atoms with Gasteiger partial charge in [-0.1, -0.05) is 30.3 Å². The van der Waals surface area contributed by atoms with Gasteiger partial charge in [-0.2, -0.15) is 5.10 Å². The summed E-state index contributed by atoms with van der Waals surface area (Å²) >= 11 is 1.54. The number of ether oxygens (including phenoxy) is 2. The molecule has 5 rings (SSSR count). The lowest BCUT2D eigenvalue weighted by Crippen LogP contribution is -2.27. The topological polar surface area (TPSA) is 91.2 Å². The van der Waals surface area contributed by atoms with Gasteiger partial charge in [-0.05, 0) is 48.7 Å². The number of amides is 1. The minimum Gasteiger partial charge on any atom is -0.382 e. The number of aryl methyl sites for hydroxylation is 2. The molecule has 0 unspecified atom stereocenters. The molecule has 1 N–H and O–H groups in total. The van der Waals surface area contributed by atoms with Crippen molar-refractivity contribution in [3.05, 3.63) is 99.8 Å². The molecule has 0 aliphatic carbocycles. The maximum atomic E-state index is 13.4. The number of pyridine rings is 1. The van der Waals surface area contributed by atoms with Gasteiger partial charge in [0.2, 0.25) is 0 Å². The molecule has 2 atom stereocenters. The van der Waals surface area contributed by atoms with E-state index in [0.717, 1.165) is 44.5 Å². The van der Waals surface area contributed by atoms with Crippen LogP contribution in [0.15, 0.2) is 71.8 Å². The number of hydrogen-bond acceptors (Lipinski definition) is 7. The first-order valence-corrected chi connectivity index (χ1v) is 13.6. The quantitative estimate of drug-likeness (QED) is 0.240. The molecule has 9 heteroatoms. The van der Waals surface area contributed by atoms with Crippen LogP contribution >= 0.6 is 11.3 Å². The van der Waals surface area contributed by atoms with E-state index in [1.807, 2.05) is 81.0 Å². The molecule has 2 aromatic carbocycles. The fourth-order valence-electron chi connectivity index (χ4n) is 4.64. The molecule has 0 fully saturated rings. The van der Waals surface area contributed by atoms with Gasteiger partial charge in [0.25, 0.3) is 5.91 Å². The molecule has 0 saturated heterocycles. The Morgan fingerprint density at radius 1 is 1.18 bits per heavy atom. The fourth-order valence-corrected chi connectivity index (χ4v) is 5.19. The van der Waals surface area contributed by atoms with Crippen molar-refractivity contribution < 1.29 is 14.3 Å². The summed E-state index contributed by atoms with van der Waals surface area (Å²) in [6.07, 6.45) is 3.47. The van der Waals surface area contributed by atoms with Gasteiger partial charge in [0, 0.05) is 42.2 Å². The molecule has 3 heterocycles. The van der Waals surface area contributed by atoms with Crippen molar-refractivity contribution >= 4 is 28.1 Å². The molecule has 0 bridgehead atoms. The zero-order valence-corrected chi connectivity index (χ0v) is 23.2. The Kier molecular flexibility index (Phi) is 8.11. The van der Waals surface area contributed by atoms with Crippen LogP contribution in [-0.2, 0) is 23.1 Å². The normalized spacial score (nSPS) is 12.9. The molecule has 0 radical (unpaired) electrons. The molecule has 0 aliphatic rings. The second kappa shape index (κ2) is 11.9. The van der Waals surface area contributed by atoms with Crippen LogP contribution in [0.25, 0.3) is 22.2 Å². The number of nitrogens with zero attached hydrogens (tertiary/aromatic N) is 4. The monoisotopic (exact) mass is 541 g/mol. The van der Waals surface area contributed by atoms with Crippen LogP contribution in [0.5, 0.6) is 0 Å². The van der Waals surface area contributed by atoms with Crippen LogP contribution in [0.1, 0.15) is 51.8 Å². The molecule has 0 saturated carbocycles. The first-order chi connectivity index (χ1) is 18.9. The maximum absolute atomic E-state index is 13.4. The first kappa shape index (κ1) is 26.7. The van der Waals surface area contributed by atoms with Gasteiger partial charge in [-0.3, -0.25) is 9.48 Å². The number of nitrogens with one attached hydrogen (secondary N) is 1. The van der Waals surface area contributed by atoms with Crippen molar-refractivity contribution in [1.82, 2.24) is 25.1 Å². The van der Waals surface area contributed by atoms with Crippen molar-refractivity contribution in [1.29, 1.82) is 0 Å². The highest BCUT2D eigenvalue weighted by atomic mass is 32.1. The average molecular weight is 542 g/mol. The summed E-state index contributed by atoms with van der Waals surface area (Å²) in [5, 5.41) is 10.5. The van der Waals surface area contributed by atoms with Crippen LogP contribution < -0.4 is 5.32 Å². The predicted molar refractivity (Wildman–Crippen MR) is 153 cm³/mol. The number of hydrogen-bond donors (Lipinski definition) is 1. The van der Waals surface area contributed by atoms with Crippen LogP contribution in [0.3, 0.4) is 0 Å². The Balaban J connectivity index is 1.36. The number of carbonyl (C=O) groups excluding carboxylic acids is 1. The highest BCUT2D eigenvalue weighted by Gasteiger charge is 2.20. The smallest absolute Gasteiger partial charge is 0.252 e. The van der Waals surface area contributed by atoms with Crippen molar-refractivity contribution in [3.8, 4) is 11.3 Å². The van der Waals surface area contributed by atoms with E-state index in [1.54, 1.807) is 23.5 Å². The predicted octanol–water partition coefficient (Wildman–Crippen LogP) is 5.80. The third kappa shape index (κ3) is 6.06.